The van der Waals surface area contributed by atoms with Crippen LogP contribution in [0, 0.1) is 13.8 Å². The number of aromatic nitrogens is 3. The lowest BCUT2D eigenvalue weighted by atomic mass is 10.1. The normalized spacial score (nSPS) is 12.3. The van der Waals surface area contributed by atoms with E-state index in [9.17, 15) is 13.2 Å². The number of benzene rings is 3. The van der Waals surface area contributed by atoms with Crippen molar-refractivity contribution in [1.82, 2.24) is 24.8 Å². The van der Waals surface area contributed by atoms with Crippen molar-refractivity contribution in [1.29, 1.82) is 0 Å². The number of hydrogen-bond donors (Lipinski definition) is 2. The molecular formula is C26H27N5O3S. The second-order valence-electron chi connectivity index (χ2n) is 8.39. The highest BCUT2D eigenvalue weighted by molar-refractivity contribution is 7.89. The quantitative estimate of drug-likeness (QED) is 0.391. The Labute approximate surface area is 205 Å². The van der Waals surface area contributed by atoms with Gasteiger partial charge in [-0.3, -0.25) is 4.79 Å². The van der Waals surface area contributed by atoms with Gasteiger partial charge in [-0.25, -0.2) is 22.8 Å². The van der Waals surface area contributed by atoms with Gasteiger partial charge in [-0.05, 0) is 79.4 Å². The van der Waals surface area contributed by atoms with Crippen molar-refractivity contribution in [3.8, 4) is 5.69 Å². The molecule has 2 N–H and O–H groups in total. The highest BCUT2D eigenvalue weighted by Gasteiger charge is 2.15. The average molecular weight is 490 g/mol. The molecule has 8 nitrogen and oxygen atoms in total. The monoisotopic (exact) mass is 489 g/mol. The van der Waals surface area contributed by atoms with Crippen LogP contribution in [0.15, 0.2) is 84.3 Å². The zero-order chi connectivity index (χ0) is 25.0. The first-order valence-corrected chi connectivity index (χ1v) is 12.6. The highest BCUT2D eigenvalue weighted by atomic mass is 32.2. The lowest BCUT2D eigenvalue weighted by Gasteiger charge is -2.15. The van der Waals surface area contributed by atoms with Crippen LogP contribution < -0.4 is 10.0 Å². The van der Waals surface area contributed by atoms with E-state index in [1.54, 1.807) is 53.5 Å². The topological polar surface area (TPSA) is 106 Å². The van der Waals surface area contributed by atoms with Gasteiger partial charge in [0.1, 0.15) is 12.7 Å². The first-order valence-electron chi connectivity index (χ1n) is 11.1. The minimum absolute atomic E-state index is 0.131. The summed E-state index contributed by atoms with van der Waals surface area (Å²) in [6.07, 6.45) is 3.10. The Balaban J connectivity index is 1.34. The summed E-state index contributed by atoms with van der Waals surface area (Å²) >= 11 is 0. The predicted octanol–water partition coefficient (Wildman–Crippen LogP) is 3.85. The molecule has 0 unspecified atom stereocenters. The van der Waals surface area contributed by atoms with Crippen molar-refractivity contribution in [3.63, 3.8) is 0 Å². The van der Waals surface area contributed by atoms with E-state index < -0.39 is 10.0 Å². The van der Waals surface area contributed by atoms with E-state index >= 15 is 0 Å². The number of rotatable bonds is 8. The molecule has 0 aliphatic carbocycles. The molecule has 0 radical (unpaired) electrons. The molecule has 1 amide bonds. The molecule has 0 saturated heterocycles. The molecule has 9 heteroatoms. The molecule has 180 valence electrons. The fourth-order valence-electron chi connectivity index (χ4n) is 3.54. The molecule has 0 fully saturated rings. The van der Waals surface area contributed by atoms with Gasteiger partial charge in [-0.1, -0.05) is 30.3 Å². The third-order valence-corrected chi connectivity index (χ3v) is 7.29. The molecule has 0 bridgehead atoms. The Morgan fingerprint density at radius 3 is 2.31 bits per heavy atom. The van der Waals surface area contributed by atoms with Gasteiger partial charge in [0.25, 0.3) is 5.91 Å². The first kappa shape index (κ1) is 24.3. The molecule has 0 aliphatic rings. The summed E-state index contributed by atoms with van der Waals surface area (Å²) in [4.78, 5) is 16.9. The molecule has 4 rings (SSSR count). The number of hydrogen-bond acceptors (Lipinski definition) is 5. The third kappa shape index (κ3) is 5.82. The number of amides is 1. The molecular weight excluding hydrogens is 462 g/mol. The van der Waals surface area contributed by atoms with Crippen molar-refractivity contribution in [2.24, 2.45) is 0 Å². The summed E-state index contributed by atoms with van der Waals surface area (Å²) in [5.41, 5.74) is 5.05. The van der Waals surface area contributed by atoms with Gasteiger partial charge in [0.15, 0.2) is 0 Å². The molecule has 35 heavy (non-hydrogen) atoms. The van der Waals surface area contributed by atoms with Crippen LogP contribution in [0.2, 0.25) is 0 Å². The van der Waals surface area contributed by atoms with Crippen molar-refractivity contribution in [2.45, 2.75) is 38.3 Å². The van der Waals surface area contributed by atoms with E-state index in [-0.39, 0.29) is 23.4 Å². The molecule has 0 saturated carbocycles. The van der Waals surface area contributed by atoms with E-state index in [0.29, 0.717) is 5.56 Å². The Kier molecular flexibility index (Phi) is 7.09. The Hall–Kier alpha value is -3.82. The maximum Gasteiger partial charge on any atom is 0.251 e. The predicted molar refractivity (Wildman–Crippen MR) is 134 cm³/mol. The number of carbonyl (C=O) groups excluding carboxylic acids is 1. The van der Waals surface area contributed by atoms with Crippen LogP contribution in [0.4, 0.5) is 0 Å². The molecule has 1 atom stereocenters. The summed E-state index contributed by atoms with van der Waals surface area (Å²) in [5.74, 6) is -0.208. The number of aryl methyl sites for hydroxylation is 2. The number of carbonyl (C=O) groups is 1. The van der Waals surface area contributed by atoms with E-state index in [4.69, 9.17) is 0 Å². The largest absolute Gasteiger partial charge is 0.346 e. The van der Waals surface area contributed by atoms with Gasteiger partial charge in [0.2, 0.25) is 10.0 Å². The molecule has 1 aromatic heterocycles. The van der Waals surface area contributed by atoms with Crippen LogP contribution in [0.25, 0.3) is 5.69 Å². The van der Waals surface area contributed by atoms with Crippen molar-refractivity contribution >= 4 is 15.9 Å². The fourth-order valence-corrected chi connectivity index (χ4v) is 4.64. The van der Waals surface area contributed by atoms with E-state index in [0.717, 1.165) is 27.9 Å². The van der Waals surface area contributed by atoms with Crippen LogP contribution in [-0.4, -0.2) is 29.1 Å². The maximum absolute atomic E-state index is 12.7. The van der Waals surface area contributed by atoms with Crippen LogP contribution >= 0.6 is 0 Å². The molecule has 4 aromatic rings. The van der Waals surface area contributed by atoms with E-state index in [1.807, 2.05) is 45.0 Å². The smallest absolute Gasteiger partial charge is 0.251 e. The number of nitrogens with one attached hydrogen (secondary N) is 2. The molecule has 0 spiro atoms. The van der Waals surface area contributed by atoms with Crippen molar-refractivity contribution < 1.29 is 13.2 Å². The summed E-state index contributed by atoms with van der Waals surface area (Å²) in [6, 6.07) is 19.4. The standard InChI is InChI=1S/C26H27N5O3S/c1-18-4-13-25(14-19(18)2)35(33,34)29-15-21-5-7-23(8-6-21)26(32)30-20(3)22-9-11-24(12-10-22)31-17-27-16-28-31/h4-14,16-17,20,29H,15H2,1-3H3,(H,30,32)/t20-/m1/s1. The van der Waals surface area contributed by atoms with E-state index in [1.165, 1.54) is 6.33 Å². The first-order chi connectivity index (χ1) is 16.7. The molecule has 3 aromatic carbocycles. The van der Waals surface area contributed by atoms with Crippen LogP contribution in [-0.2, 0) is 16.6 Å². The van der Waals surface area contributed by atoms with Crippen LogP contribution in [0.1, 0.15) is 45.6 Å². The van der Waals surface area contributed by atoms with Gasteiger partial charge < -0.3 is 5.32 Å². The van der Waals surface area contributed by atoms with Crippen molar-refractivity contribution in [3.05, 3.63) is 107 Å². The lowest BCUT2D eigenvalue weighted by molar-refractivity contribution is 0.0940. The van der Waals surface area contributed by atoms with Crippen LogP contribution in [0.3, 0.4) is 0 Å². The number of sulfonamides is 1. The summed E-state index contributed by atoms with van der Waals surface area (Å²) in [5, 5.41) is 7.09. The molecule has 1 heterocycles. The maximum atomic E-state index is 12.7. The third-order valence-electron chi connectivity index (χ3n) is 5.90. The van der Waals surface area contributed by atoms with Gasteiger partial charge in [0.05, 0.1) is 16.6 Å². The Bertz CT molecular complexity index is 1420. The number of nitrogens with zero attached hydrogens (tertiary/aromatic N) is 3. The minimum atomic E-state index is -3.63. The zero-order valence-corrected chi connectivity index (χ0v) is 20.6. The van der Waals surface area contributed by atoms with E-state index in [2.05, 4.69) is 20.1 Å². The average Bonchev–Trinajstić information content (AvgIpc) is 3.40. The summed E-state index contributed by atoms with van der Waals surface area (Å²) in [6.45, 7) is 5.87. The van der Waals surface area contributed by atoms with Crippen LogP contribution in [0.5, 0.6) is 0 Å². The Morgan fingerprint density at radius 1 is 0.971 bits per heavy atom. The minimum Gasteiger partial charge on any atom is -0.346 e. The van der Waals surface area contributed by atoms with Gasteiger partial charge in [-0.2, -0.15) is 5.10 Å². The van der Waals surface area contributed by atoms with Gasteiger partial charge in [-0.15, -0.1) is 0 Å². The second-order valence-corrected chi connectivity index (χ2v) is 10.2. The fraction of sp³-hybridized carbons (Fsp3) is 0.192. The Morgan fingerprint density at radius 2 is 1.69 bits per heavy atom. The zero-order valence-electron chi connectivity index (χ0n) is 19.8. The second kappa shape index (κ2) is 10.2. The summed E-state index contributed by atoms with van der Waals surface area (Å²) < 4.78 is 29.5. The highest BCUT2D eigenvalue weighted by Crippen LogP contribution is 2.17. The SMILES string of the molecule is Cc1ccc(S(=O)(=O)NCc2ccc(C(=O)N[C@H](C)c3ccc(-n4cncn4)cc3)cc2)cc1C. The molecule has 0 aliphatic heterocycles. The van der Waals surface area contributed by atoms with Crippen molar-refractivity contribution in [2.75, 3.05) is 0 Å². The van der Waals surface area contributed by atoms with Gasteiger partial charge in [0, 0.05) is 12.1 Å². The van der Waals surface area contributed by atoms with Gasteiger partial charge >= 0.3 is 0 Å². The summed E-state index contributed by atoms with van der Waals surface area (Å²) in [7, 11) is -3.63. The lowest BCUT2D eigenvalue weighted by Crippen LogP contribution is -2.26.